The van der Waals surface area contributed by atoms with Crippen LogP contribution < -0.4 is 5.32 Å². The maximum absolute atomic E-state index is 13.9. The van der Waals surface area contributed by atoms with Gasteiger partial charge in [0, 0.05) is 17.5 Å². The molecular formula is C28H42N4O2S. The largest absolute Gasteiger partial charge is 0.351 e. The average Bonchev–Trinajstić information content (AvgIpc) is 3.42. The molecule has 3 aliphatic rings. The van der Waals surface area contributed by atoms with Crippen molar-refractivity contribution in [2.24, 2.45) is 5.92 Å². The van der Waals surface area contributed by atoms with Gasteiger partial charge in [0.15, 0.2) is 0 Å². The Labute approximate surface area is 214 Å². The zero-order valence-corrected chi connectivity index (χ0v) is 22.6. The summed E-state index contributed by atoms with van der Waals surface area (Å²) in [6, 6.07) is 4.49. The Hall–Kier alpha value is -1.86. The second-order valence-corrected chi connectivity index (χ2v) is 12.5. The van der Waals surface area contributed by atoms with E-state index in [1.54, 1.807) is 11.3 Å². The van der Waals surface area contributed by atoms with Crippen LogP contribution in [0.1, 0.15) is 87.5 Å². The van der Waals surface area contributed by atoms with E-state index in [4.69, 9.17) is 0 Å². The standard InChI is InChI=1S/C28H42N4O2S/c1-4-22-17-23-25(35-22)18-24-26(33)32(16-8-15-30-13-6-5-7-14-30)28(3,19-31(23)24)27(34)29-21-11-9-20(2)10-12-21/h17-18,20-21H,4-16,19H2,1-3H3,(H,29,34)/t20?,21?,28-/m1/s1. The molecule has 2 fully saturated rings. The van der Waals surface area contributed by atoms with E-state index in [0.29, 0.717) is 13.1 Å². The average molecular weight is 499 g/mol. The van der Waals surface area contributed by atoms with Crippen molar-refractivity contribution < 1.29 is 9.59 Å². The van der Waals surface area contributed by atoms with Crippen LogP contribution in [-0.4, -0.2) is 63.9 Å². The molecule has 0 bridgehead atoms. The summed E-state index contributed by atoms with van der Waals surface area (Å²) in [5, 5.41) is 3.37. The van der Waals surface area contributed by atoms with Crippen LogP contribution in [0, 0.1) is 5.92 Å². The molecule has 4 heterocycles. The lowest BCUT2D eigenvalue weighted by atomic mass is 9.86. The Kier molecular flexibility index (Phi) is 7.27. The van der Waals surface area contributed by atoms with Crippen molar-refractivity contribution in [3.63, 3.8) is 0 Å². The van der Waals surface area contributed by atoms with Crippen molar-refractivity contribution in [2.45, 2.75) is 96.7 Å². The molecule has 7 heteroatoms. The van der Waals surface area contributed by atoms with Gasteiger partial charge in [0.25, 0.3) is 5.91 Å². The van der Waals surface area contributed by atoms with Crippen LogP contribution in [0.5, 0.6) is 0 Å². The topological polar surface area (TPSA) is 57.6 Å². The molecule has 2 amide bonds. The highest BCUT2D eigenvalue weighted by atomic mass is 32.1. The lowest BCUT2D eigenvalue weighted by molar-refractivity contribution is -0.133. The first-order valence-corrected chi connectivity index (χ1v) is 14.7. The van der Waals surface area contributed by atoms with Crippen LogP contribution in [0.2, 0.25) is 0 Å². The molecule has 2 aliphatic heterocycles. The molecule has 0 aromatic carbocycles. The molecule has 192 valence electrons. The summed E-state index contributed by atoms with van der Waals surface area (Å²) < 4.78 is 3.28. The van der Waals surface area contributed by atoms with Crippen LogP contribution in [-0.2, 0) is 17.8 Å². The predicted octanol–water partition coefficient (Wildman–Crippen LogP) is 5.05. The van der Waals surface area contributed by atoms with Gasteiger partial charge in [-0.1, -0.05) is 20.3 Å². The van der Waals surface area contributed by atoms with E-state index in [-0.39, 0.29) is 17.9 Å². The fourth-order valence-electron chi connectivity index (χ4n) is 6.29. The number of hydrogen-bond donors (Lipinski definition) is 1. The Bertz CT molecular complexity index is 1060. The molecule has 1 N–H and O–H groups in total. The number of piperidine rings is 1. The fraction of sp³-hybridized carbons (Fsp3) is 0.714. The first kappa shape index (κ1) is 24.8. The van der Waals surface area contributed by atoms with Crippen molar-refractivity contribution in [3.05, 3.63) is 22.7 Å². The highest BCUT2D eigenvalue weighted by molar-refractivity contribution is 7.19. The molecule has 1 saturated heterocycles. The van der Waals surface area contributed by atoms with Crippen molar-refractivity contribution >= 4 is 33.4 Å². The number of rotatable bonds is 7. The normalized spacial score (nSPS) is 27.9. The molecular weight excluding hydrogens is 456 g/mol. The summed E-state index contributed by atoms with van der Waals surface area (Å²) in [5.74, 6) is 0.761. The van der Waals surface area contributed by atoms with Crippen molar-refractivity contribution in [1.29, 1.82) is 0 Å². The molecule has 0 unspecified atom stereocenters. The van der Waals surface area contributed by atoms with Gasteiger partial charge in [-0.2, -0.15) is 0 Å². The number of nitrogens with one attached hydrogen (secondary N) is 1. The minimum absolute atomic E-state index is 0.00580. The molecule has 1 aliphatic carbocycles. The summed E-state index contributed by atoms with van der Waals surface area (Å²) in [6.45, 7) is 10.9. The van der Waals surface area contributed by atoms with Gasteiger partial charge in [-0.05, 0) is 96.0 Å². The summed E-state index contributed by atoms with van der Waals surface area (Å²) in [7, 11) is 0. The highest BCUT2D eigenvalue weighted by Gasteiger charge is 2.48. The SMILES string of the molecule is CCc1cc2c(cc3n2C[C@](C)(C(=O)NC2CCC(C)CC2)N(CCCN2CCCCC2)C3=O)s1. The number of likely N-dealkylation sites (tertiary alicyclic amines) is 1. The lowest BCUT2D eigenvalue weighted by Crippen LogP contribution is -2.65. The summed E-state index contributed by atoms with van der Waals surface area (Å²) >= 11 is 1.77. The smallest absolute Gasteiger partial charge is 0.271 e. The maximum Gasteiger partial charge on any atom is 0.271 e. The number of amides is 2. The number of fused-ring (bicyclic) bond motifs is 3. The Morgan fingerprint density at radius 2 is 1.86 bits per heavy atom. The van der Waals surface area contributed by atoms with E-state index in [1.165, 1.54) is 24.1 Å². The molecule has 6 nitrogen and oxygen atoms in total. The van der Waals surface area contributed by atoms with Gasteiger partial charge in [-0.25, -0.2) is 0 Å². The van der Waals surface area contributed by atoms with Gasteiger partial charge in [0.1, 0.15) is 11.2 Å². The summed E-state index contributed by atoms with van der Waals surface area (Å²) in [4.78, 5) is 33.5. The zero-order valence-electron chi connectivity index (χ0n) is 21.8. The van der Waals surface area contributed by atoms with Gasteiger partial charge in [-0.15, -0.1) is 11.3 Å². The maximum atomic E-state index is 13.9. The third-order valence-electron chi connectivity index (χ3n) is 8.66. The Morgan fingerprint density at radius 3 is 2.57 bits per heavy atom. The van der Waals surface area contributed by atoms with E-state index in [9.17, 15) is 9.59 Å². The molecule has 1 saturated carbocycles. The number of thiophene rings is 1. The molecule has 35 heavy (non-hydrogen) atoms. The minimum atomic E-state index is -0.880. The quantitative estimate of drug-likeness (QED) is 0.581. The number of nitrogens with zero attached hydrogens (tertiary/aromatic N) is 3. The molecule has 2 aromatic heterocycles. The molecule has 0 radical (unpaired) electrons. The van der Waals surface area contributed by atoms with E-state index in [0.717, 1.165) is 80.0 Å². The third-order valence-corrected chi connectivity index (χ3v) is 9.88. The zero-order chi connectivity index (χ0) is 24.6. The second-order valence-electron chi connectivity index (χ2n) is 11.3. The van der Waals surface area contributed by atoms with Crippen LogP contribution in [0.4, 0.5) is 0 Å². The summed E-state index contributed by atoms with van der Waals surface area (Å²) in [6.07, 6.45) is 10.2. The monoisotopic (exact) mass is 498 g/mol. The Morgan fingerprint density at radius 1 is 1.11 bits per heavy atom. The van der Waals surface area contributed by atoms with E-state index in [2.05, 4.69) is 40.8 Å². The van der Waals surface area contributed by atoms with Gasteiger partial charge in [0.2, 0.25) is 5.91 Å². The number of aryl methyl sites for hydroxylation is 1. The van der Waals surface area contributed by atoms with Crippen molar-refractivity contribution in [3.8, 4) is 0 Å². The lowest BCUT2D eigenvalue weighted by Gasteiger charge is -2.45. The van der Waals surface area contributed by atoms with Gasteiger partial charge in [0.05, 0.1) is 16.8 Å². The number of hydrogen-bond acceptors (Lipinski definition) is 4. The number of aromatic nitrogens is 1. The highest BCUT2D eigenvalue weighted by Crippen LogP contribution is 2.36. The Balaban J connectivity index is 1.39. The van der Waals surface area contributed by atoms with Gasteiger partial charge >= 0.3 is 0 Å². The molecule has 2 aromatic rings. The first-order chi connectivity index (χ1) is 16.9. The predicted molar refractivity (Wildman–Crippen MR) is 143 cm³/mol. The van der Waals surface area contributed by atoms with Crippen LogP contribution in [0.25, 0.3) is 10.2 Å². The fourth-order valence-corrected chi connectivity index (χ4v) is 7.34. The van der Waals surface area contributed by atoms with E-state index < -0.39 is 5.54 Å². The van der Waals surface area contributed by atoms with Crippen LogP contribution >= 0.6 is 11.3 Å². The van der Waals surface area contributed by atoms with Gasteiger partial charge in [-0.3, -0.25) is 9.59 Å². The van der Waals surface area contributed by atoms with E-state index in [1.807, 2.05) is 11.8 Å². The van der Waals surface area contributed by atoms with Gasteiger partial charge < -0.3 is 19.7 Å². The van der Waals surface area contributed by atoms with Crippen molar-refractivity contribution in [2.75, 3.05) is 26.2 Å². The van der Waals surface area contributed by atoms with E-state index >= 15 is 0 Å². The van der Waals surface area contributed by atoms with Crippen LogP contribution in [0.15, 0.2) is 12.1 Å². The van der Waals surface area contributed by atoms with Crippen molar-refractivity contribution in [1.82, 2.24) is 19.7 Å². The van der Waals surface area contributed by atoms with Crippen LogP contribution in [0.3, 0.4) is 0 Å². The first-order valence-electron chi connectivity index (χ1n) is 13.9. The summed E-state index contributed by atoms with van der Waals surface area (Å²) in [5.41, 5.74) is 0.965. The number of carbonyl (C=O) groups excluding carboxylic acids is 2. The second kappa shape index (κ2) is 10.3. The molecule has 1 atom stereocenters. The third kappa shape index (κ3) is 4.91. The molecule has 5 rings (SSSR count). The molecule has 0 spiro atoms. The number of carbonyl (C=O) groups is 2. The minimum Gasteiger partial charge on any atom is -0.351 e.